The summed E-state index contributed by atoms with van der Waals surface area (Å²) in [6, 6.07) is 0. The van der Waals surface area contributed by atoms with Crippen molar-refractivity contribution in [2.24, 2.45) is 0 Å². The molecule has 1 saturated carbocycles. The molecule has 0 amide bonds. The van der Waals surface area contributed by atoms with Gasteiger partial charge in [-0.05, 0) is 17.4 Å². The molecule has 0 aliphatic heterocycles. The van der Waals surface area contributed by atoms with E-state index in [1.165, 1.54) is 11.8 Å². The first-order valence-electron chi connectivity index (χ1n) is 3.76. The van der Waals surface area contributed by atoms with Gasteiger partial charge < -0.3 is 14.8 Å². The van der Waals surface area contributed by atoms with Gasteiger partial charge in [0, 0.05) is 12.8 Å². The SMILES string of the molecule is CSC1([S@+](C)[O-])C[C@@H](O)[C@H](O)C1. The Bertz CT molecular complexity index is 153. The van der Waals surface area contributed by atoms with Crippen LogP contribution in [0, 0.1) is 0 Å². The van der Waals surface area contributed by atoms with Crippen LogP contribution in [-0.4, -0.2) is 43.6 Å². The van der Waals surface area contributed by atoms with Gasteiger partial charge in [-0.1, -0.05) is 0 Å². The van der Waals surface area contributed by atoms with E-state index in [-0.39, 0.29) is 0 Å². The molecule has 1 aliphatic rings. The fourth-order valence-corrected chi connectivity index (χ4v) is 3.94. The van der Waals surface area contributed by atoms with Crippen molar-refractivity contribution in [3.63, 3.8) is 0 Å². The van der Waals surface area contributed by atoms with Crippen molar-refractivity contribution in [2.75, 3.05) is 12.5 Å². The first kappa shape index (κ1) is 10.7. The number of thioether (sulfide) groups is 1. The van der Waals surface area contributed by atoms with Crippen molar-refractivity contribution in [3.05, 3.63) is 0 Å². The molecule has 0 spiro atoms. The lowest BCUT2D eigenvalue weighted by Crippen LogP contribution is -2.32. The molecule has 0 heterocycles. The quantitative estimate of drug-likeness (QED) is 0.627. The van der Waals surface area contributed by atoms with Gasteiger partial charge in [0.15, 0.2) is 4.08 Å². The van der Waals surface area contributed by atoms with Gasteiger partial charge >= 0.3 is 0 Å². The molecule has 0 unspecified atom stereocenters. The Morgan fingerprint density at radius 1 is 1.42 bits per heavy atom. The van der Waals surface area contributed by atoms with Gasteiger partial charge in [0.1, 0.15) is 0 Å². The summed E-state index contributed by atoms with van der Waals surface area (Å²) < 4.78 is 10.9. The highest BCUT2D eigenvalue weighted by Gasteiger charge is 2.50. The minimum Gasteiger partial charge on any atom is -0.615 e. The zero-order chi connectivity index (χ0) is 9.35. The second-order valence-electron chi connectivity index (χ2n) is 3.11. The maximum Gasteiger partial charge on any atom is 0.175 e. The van der Waals surface area contributed by atoms with E-state index in [2.05, 4.69) is 0 Å². The smallest absolute Gasteiger partial charge is 0.175 e. The molecule has 3 atom stereocenters. The van der Waals surface area contributed by atoms with Crippen LogP contribution in [0.4, 0.5) is 0 Å². The predicted molar refractivity (Wildman–Crippen MR) is 51.6 cm³/mol. The van der Waals surface area contributed by atoms with Crippen molar-refractivity contribution in [3.8, 4) is 0 Å². The minimum absolute atomic E-state index is 0.429. The summed E-state index contributed by atoms with van der Waals surface area (Å²) in [6.07, 6.45) is 2.94. The Hall–Kier alpha value is 0.580. The van der Waals surface area contributed by atoms with Crippen LogP contribution in [0.3, 0.4) is 0 Å². The Kier molecular flexibility index (Phi) is 3.34. The van der Waals surface area contributed by atoms with E-state index >= 15 is 0 Å². The van der Waals surface area contributed by atoms with E-state index < -0.39 is 27.5 Å². The zero-order valence-corrected chi connectivity index (χ0v) is 8.82. The lowest BCUT2D eigenvalue weighted by atomic mass is 10.3. The molecule has 1 fully saturated rings. The van der Waals surface area contributed by atoms with Crippen LogP contribution in [0.25, 0.3) is 0 Å². The monoisotopic (exact) mass is 210 g/mol. The maximum atomic E-state index is 11.4. The third kappa shape index (κ3) is 1.75. The van der Waals surface area contributed by atoms with Crippen LogP contribution < -0.4 is 0 Å². The molecule has 0 bridgehead atoms. The molecule has 1 rings (SSSR count). The lowest BCUT2D eigenvalue weighted by molar-refractivity contribution is 0.0438. The summed E-state index contributed by atoms with van der Waals surface area (Å²) in [6.45, 7) is 0. The third-order valence-electron chi connectivity index (χ3n) is 2.38. The van der Waals surface area contributed by atoms with Crippen molar-refractivity contribution < 1.29 is 14.8 Å². The molecular formula is C7H14O3S2. The number of hydrogen-bond acceptors (Lipinski definition) is 4. The van der Waals surface area contributed by atoms with E-state index in [0.717, 1.165) is 0 Å². The van der Waals surface area contributed by atoms with Gasteiger partial charge in [-0.3, -0.25) is 0 Å². The molecule has 72 valence electrons. The van der Waals surface area contributed by atoms with Crippen LogP contribution in [0.15, 0.2) is 0 Å². The Labute approximate surface area is 79.7 Å². The number of hydrogen-bond donors (Lipinski definition) is 2. The van der Waals surface area contributed by atoms with Crippen LogP contribution in [-0.2, 0) is 11.2 Å². The third-order valence-corrected chi connectivity index (χ3v) is 6.04. The maximum absolute atomic E-state index is 11.4. The molecule has 0 aromatic heterocycles. The largest absolute Gasteiger partial charge is 0.615 e. The van der Waals surface area contributed by atoms with Crippen molar-refractivity contribution in [1.29, 1.82) is 0 Å². The molecular weight excluding hydrogens is 196 g/mol. The first-order chi connectivity index (χ1) is 5.52. The summed E-state index contributed by atoms with van der Waals surface area (Å²) in [5.41, 5.74) is 0. The fraction of sp³-hybridized carbons (Fsp3) is 1.00. The molecule has 5 heteroatoms. The summed E-state index contributed by atoms with van der Waals surface area (Å²) in [7, 11) is 0. The molecule has 0 aromatic rings. The number of aliphatic hydroxyl groups is 2. The molecule has 12 heavy (non-hydrogen) atoms. The Balaban J connectivity index is 2.71. The average Bonchev–Trinajstić information content (AvgIpc) is 2.29. The molecule has 2 N–H and O–H groups in total. The summed E-state index contributed by atoms with van der Waals surface area (Å²) in [5.74, 6) is 0. The number of rotatable bonds is 2. The molecule has 3 nitrogen and oxygen atoms in total. The summed E-state index contributed by atoms with van der Waals surface area (Å²) in [4.78, 5) is 0. The van der Waals surface area contributed by atoms with Gasteiger partial charge in [-0.15, -0.1) is 11.8 Å². The zero-order valence-electron chi connectivity index (χ0n) is 7.19. The molecule has 0 radical (unpaired) electrons. The van der Waals surface area contributed by atoms with E-state index in [0.29, 0.717) is 12.8 Å². The van der Waals surface area contributed by atoms with Gasteiger partial charge in [0.25, 0.3) is 0 Å². The second-order valence-corrected chi connectivity index (χ2v) is 6.25. The normalized spacial score (nSPS) is 36.8. The van der Waals surface area contributed by atoms with Crippen LogP contribution in [0.2, 0.25) is 0 Å². The van der Waals surface area contributed by atoms with Crippen LogP contribution >= 0.6 is 11.8 Å². The van der Waals surface area contributed by atoms with Crippen LogP contribution in [0.5, 0.6) is 0 Å². The van der Waals surface area contributed by atoms with Crippen molar-refractivity contribution >= 4 is 22.9 Å². The van der Waals surface area contributed by atoms with Crippen LogP contribution in [0.1, 0.15) is 12.8 Å². The highest BCUT2D eigenvalue weighted by atomic mass is 32.3. The van der Waals surface area contributed by atoms with Gasteiger partial charge in [-0.25, -0.2) is 0 Å². The predicted octanol–water partition coefficient (Wildman–Crippen LogP) is -0.0602. The van der Waals surface area contributed by atoms with Crippen molar-refractivity contribution in [2.45, 2.75) is 29.1 Å². The summed E-state index contributed by atoms with van der Waals surface area (Å²) in [5, 5.41) is 18.6. The highest BCUT2D eigenvalue weighted by Crippen LogP contribution is 2.44. The fourth-order valence-electron chi connectivity index (χ4n) is 1.51. The summed E-state index contributed by atoms with van der Waals surface area (Å²) >= 11 is 0.477. The Morgan fingerprint density at radius 2 is 1.83 bits per heavy atom. The Morgan fingerprint density at radius 3 is 2.00 bits per heavy atom. The van der Waals surface area contributed by atoms with E-state index in [4.69, 9.17) is 0 Å². The minimum atomic E-state index is -0.998. The first-order valence-corrected chi connectivity index (χ1v) is 6.55. The van der Waals surface area contributed by atoms with Gasteiger partial charge in [-0.2, -0.15) is 0 Å². The molecule has 0 saturated heterocycles. The van der Waals surface area contributed by atoms with Gasteiger partial charge in [0.05, 0.1) is 18.5 Å². The van der Waals surface area contributed by atoms with E-state index in [9.17, 15) is 14.8 Å². The lowest BCUT2D eigenvalue weighted by Gasteiger charge is -2.27. The van der Waals surface area contributed by atoms with Gasteiger partial charge in [0.2, 0.25) is 0 Å². The van der Waals surface area contributed by atoms with Crippen molar-refractivity contribution in [1.82, 2.24) is 0 Å². The molecule has 0 aromatic carbocycles. The standard InChI is InChI=1S/C7H14O3S2/c1-11-7(12(2)10)3-5(8)6(9)4-7/h5-6,8-9H,3-4H2,1-2H3/t5-,6-,12+/m1/s1. The number of aliphatic hydroxyl groups excluding tert-OH is 2. The van der Waals surface area contributed by atoms with E-state index in [1.807, 2.05) is 6.26 Å². The highest BCUT2D eigenvalue weighted by molar-refractivity contribution is 8.14. The van der Waals surface area contributed by atoms with E-state index in [1.54, 1.807) is 6.26 Å². The average molecular weight is 210 g/mol. The second kappa shape index (κ2) is 3.75. The topological polar surface area (TPSA) is 63.5 Å². The molecule has 1 aliphatic carbocycles.